The lowest BCUT2D eigenvalue weighted by molar-refractivity contribution is 0.100. The number of nitrogens with two attached hydrogens (primary N) is 1. The normalized spacial score (nSPS) is 12.8. The van der Waals surface area contributed by atoms with Crippen molar-refractivity contribution < 1.29 is 4.79 Å². The summed E-state index contributed by atoms with van der Waals surface area (Å²) in [5.41, 5.74) is 5.28. The lowest BCUT2D eigenvalue weighted by Gasteiger charge is -2.02. The van der Waals surface area contributed by atoms with Gasteiger partial charge in [-0.15, -0.1) is 11.3 Å². The summed E-state index contributed by atoms with van der Waals surface area (Å²) in [6, 6.07) is 3.91. The van der Waals surface area contributed by atoms with Crippen LogP contribution in [0.5, 0.6) is 0 Å². The number of thiophene rings is 1. The summed E-state index contributed by atoms with van der Waals surface area (Å²) in [5.74, 6) is 0.587. The van der Waals surface area contributed by atoms with Gasteiger partial charge >= 0.3 is 0 Å². The molecule has 0 amide bonds. The number of rotatable bonds is 4. The number of carbonyl (C=O) groups is 1. The van der Waals surface area contributed by atoms with Gasteiger partial charge in [0.05, 0.1) is 11.4 Å². The van der Waals surface area contributed by atoms with Gasteiger partial charge in [-0.3, -0.25) is 4.79 Å². The molecule has 0 fully saturated rings. The summed E-state index contributed by atoms with van der Waals surface area (Å²) in [6.45, 7) is 4.43. The summed E-state index contributed by atoms with van der Waals surface area (Å²) < 4.78 is 0. The molecule has 0 aliphatic carbocycles. The Morgan fingerprint density at radius 2 is 2.31 bits per heavy atom. The number of carbonyl (C=O) groups excluding carboxylic acids is 1. The lowest BCUT2D eigenvalue weighted by Crippen LogP contribution is -2.11. The molecule has 0 aromatic carbocycles. The number of ketones is 1. The van der Waals surface area contributed by atoms with Crippen molar-refractivity contribution in [3.8, 4) is 0 Å². The minimum absolute atomic E-state index is 0.0413. The van der Waals surface area contributed by atoms with E-state index in [0.717, 1.165) is 11.3 Å². The second-order valence-corrected chi connectivity index (χ2v) is 4.25. The SMILES string of the molecule is CCC(C)c1ccc(C(=O)CN)s1. The third-order valence-electron chi connectivity index (χ3n) is 2.19. The average Bonchev–Trinajstić information content (AvgIpc) is 2.64. The Morgan fingerprint density at radius 1 is 1.62 bits per heavy atom. The van der Waals surface area contributed by atoms with E-state index in [0.29, 0.717) is 5.92 Å². The van der Waals surface area contributed by atoms with Crippen molar-refractivity contribution in [2.24, 2.45) is 5.73 Å². The molecule has 72 valence electrons. The van der Waals surface area contributed by atoms with Crippen molar-refractivity contribution in [2.45, 2.75) is 26.2 Å². The average molecular weight is 197 g/mol. The van der Waals surface area contributed by atoms with Crippen LogP contribution in [0.25, 0.3) is 0 Å². The summed E-state index contributed by atoms with van der Waals surface area (Å²) in [4.78, 5) is 13.3. The highest BCUT2D eigenvalue weighted by Crippen LogP contribution is 2.26. The van der Waals surface area contributed by atoms with E-state index < -0.39 is 0 Å². The molecule has 1 atom stereocenters. The maximum atomic E-state index is 11.2. The van der Waals surface area contributed by atoms with Crippen LogP contribution >= 0.6 is 11.3 Å². The predicted molar refractivity (Wildman–Crippen MR) is 56.4 cm³/mol. The van der Waals surface area contributed by atoms with E-state index in [4.69, 9.17) is 5.73 Å². The van der Waals surface area contributed by atoms with Gasteiger partial charge in [0.15, 0.2) is 5.78 Å². The molecule has 3 heteroatoms. The highest BCUT2D eigenvalue weighted by atomic mass is 32.1. The summed E-state index contributed by atoms with van der Waals surface area (Å²) in [7, 11) is 0. The molecule has 2 nitrogen and oxygen atoms in total. The molecule has 0 aliphatic heterocycles. The van der Waals surface area contributed by atoms with E-state index in [2.05, 4.69) is 13.8 Å². The second kappa shape index (κ2) is 4.53. The number of hydrogen-bond acceptors (Lipinski definition) is 3. The minimum Gasteiger partial charge on any atom is -0.324 e. The molecule has 0 saturated heterocycles. The van der Waals surface area contributed by atoms with E-state index in [-0.39, 0.29) is 12.3 Å². The molecule has 1 aromatic rings. The van der Waals surface area contributed by atoms with Gasteiger partial charge in [-0.1, -0.05) is 13.8 Å². The van der Waals surface area contributed by atoms with Crippen LogP contribution in [-0.2, 0) is 0 Å². The van der Waals surface area contributed by atoms with Gasteiger partial charge in [-0.2, -0.15) is 0 Å². The fourth-order valence-electron chi connectivity index (χ4n) is 1.07. The fraction of sp³-hybridized carbons (Fsp3) is 0.500. The molecule has 1 unspecified atom stereocenters. The van der Waals surface area contributed by atoms with Crippen molar-refractivity contribution in [1.82, 2.24) is 0 Å². The first-order valence-electron chi connectivity index (χ1n) is 4.52. The Morgan fingerprint density at radius 3 is 2.85 bits per heavy atom. The first-order chi connectivity index (χ1) is 6.19. The summed E-state index contributed by atoms with van der Waals surface area (Å²) >= 11 is 1.57. The molecule has 0 aliphatic rings. The topological polar surface area (TPSA) is 43.1 Å². The Bertz CT molecular complexity index is 293. The van der Waals surface area contributed by atoms with E-state index in [1.807, 2.05) is 12.1 Å². The monoisotopic (exact) mass is 197 g/mol. The third kappa shape index (κ3) is 2.39. The van der Waals surface area contributed by atoms with Crippen LogP contribution in [0.1, 0.15) is 40.7 Å². The van der Waals surface area contributed by atoms with E-state index in [1.54, 1.807) is 11.3 Å². The molecule has 1 aromatic heterocycles. The quantitative estimate of drug-likeness (QED) is 0.753. The maximum absolute atomic E-state index is 11.2. The molecular weight excluding hydrogens is 182 g/mol. The van der Waals surface area contributed by atoms with Gasteiger partial charge < -0.3 is 5.73 Å². The van der Waals surface area contributed by atoms with Crippen LogP contribution in [0, 0.1) is 0 Å². The van der Waals surface area contributed by atoms with Crippen LogP contribution in [0.15, 0.2) is 12.1 Å². The zero-order valence-corrected chi connectivity index (χ0v) is 8.86. The smallest absolute Gasteiger partial charge is 0.186 e. The van der Waals surface area contributed by atoms with Crippen molar-refractivity contribution in [3.05, 3.63) is 21.9 Å². The number of hydrogen-bond donors (Lipinski definition) is 1. The highest BCUT2D eigenvalue weighted by molar-refractivity contribution is 7.14. The molecule has 13 heavy (non-hydrogen) atoms. The molecule has 2 N–H and O–H groups in total. The van der Waals surface area contributed by atoms with Crippen LogP contribution in [0.2, 0.25) is 0 Å². The van der Waals surface area contributed by atoms with Crippen LogP contribution in [0.4, 0.5) is 0 Å². The highest BCUT2D eigenvalue weighted by Gasteiger charge is 2.10. The van der Waals surface area contributed by atoms with Gasteiger partial charge in [0, 0.05) is 4.88 Å². The maximum Gasteiger partial charge on any atom is 0.186 e. The summed E-state index contributed by atoms with van der Waals surface area (Å²) in [5, 5.41) is 0. The van der Waals surface area contributed by atoms with Crippen molar-refractivity contribution in [1.29, 1.82) is 0 Å². The molecule has 0 bridgehead atoms. The summed E-state index contributed by atoms with van der Waals surface area (Å²) in [6.07, 6.45) is 1.11. The standard InChI is InChI=1S/C10H15NOS/c1-3-7(2)9-4-5-10(13-9)8(12)6-11/h4-5,7H,3,6,11H2,1-2H3. The van der Waals surface area contributed by atoms with Crippen LogP contribution in [-0.4, -0.2) is 12.3 Å². The second-order valence-electron chi connectivity index (χ2n) is 3.14. The first kappa shape index (κ1) is 10.4. The molecule has 0 spiro atoms. The van der Waals surface area contributed by atoms with E-state index in [1.165, 1.54) is 4.88 Å². The fourth-order valence-corrected chi connectivity index (χ4v) is 2.16. The lowest BCUT2D eigenvalue weighted by atomic mass is 10.1. The molecule has 0 radical (unpaired) electrons. The Balaban J connectivity index is 2.80. The third-order valence-corrected chi connectivity index (χ3v) is 3.54. The van der Waals surface area contributed by atoms with Gasteiger partial charge in [0.1, 0.15) is 0 Å². The van der Waals surface area contributed by atoms with Crippen molar-refractivity contribution in [2.75, 3.05) is 6.54 Å². The van der Waals surface area contributed by atoms with E-state index >= 15 is 0 Å². The molecule has 1 heterocycles. The number of Topliss-reactive ketones (excluding diaryl/α,β-unsaturated/α-hetero) is 1. The zero-order valence-electron chi connectivity index (χ0n) is 8.04. The molecular formula is C10H15NOS. The van der Waals surface area contributed by atoms with Crippen molar-refractivity contribution >= 4 is 17.1 Å². The van der Waals surface area contributed by atoms with Gasteiger partial charge in [-0.05, 0) is 24.5 Å². The Kier molecular flexibility index (Phi) is 3.63. The van der Waals surface area contributed by atoms with Gasteiger partial charge in [0.25, 0.3) is 0 Å². The molecule has 0 saturated carbocycles. The first-order valence-corrected chi connectivity index (χ1v) is 5.33. The van der Waals surface area contributed by atoms with Crippen molar-refractivity contribution in [3.63, 3.8) is 0 Å². The van der Waals surface area contributed by atoms with E-state index in [9.17, 15) is 4.79 Å². The van der Waals surface area contributed by atoms with Gasteiger partial charge in [0.2, 0.25) is 0 Å². The largest absolute Gasteiger partial charge is 0.324 e. The Hall–Kier alpha value is -0.670. The van der Waals surface area contributed by atoms with Gasteiger partial charge in [-0.25, -0.2) is 0 Å². The minimum atomic E-state index is 0.0413. The zero-order chi connectivity index (χ0) is 9.84. The Labute approximate surface area is 82.8 Å². The predicted octanol–water partition coefficient (Wildman–Crippen LogP) is 2.40. The van der Waals surface area contributed by atoms with Crippen LogP contribution < -0.4 is 5.73 Å². The van der Waals surface area contributed by atoms with Crippen LogP contribution in [0.3, 0.4) is 0 Å². The molecule has 1 rings (SSSR count).